The van der Waals surface area contributed by atoms with Gasteiger partial charge in [0, 0.05) is 72.8 Å². The molecule has 8 N–H and O–H groups in total. The normalized spacial score (nSPS) is 13.1. The van der Waals surface area contributed by atoms with Gasteiger partial charge in [-0.25, -0.2) is 24.0 Å². The van der Waals surface area contributed by atoms with Crippen molar-refractivity contribution >= 4 is 105 Å². The molecule has 0 saturated heterocycles. The van der Waals surface area contributed by atoms with Crippen LogP contribution < -0.4 is 32.3 Å². The van der Waals surface area contributed by atoms with Gasteiger partial charge in [0.1, 0.15) is 25.3 Å². The molecular weight excluding hydrogens is 1140 g/mol. The molecule has 4 heterocycles. The molecule has 0 aliphatic heterocycles. The van der Waals surface area contributed by atoms with Crippen molar-refractivity contribution in [3.05, 3.63) is 66.3 Å². The van der Waals surface area contributed by atoms with Crippen LogP contribution in [0.3, 0.4) is 0 Å². The Morgan fingerprint density at radius 3 is 1.23 bits per heavy atom. The second kappa shape index (κ2) is 37.9. The number of urea groups is 2. The Bertz CT molecular complexity index is 2140. The van der Waals surface area contributed by atoms with Crippen LogP contribution in [-0.4, -0.2) is 121 Å². The van der Waals surface area contributed by atoms with Crippen molar-refractivity contribution in [1.82, 2.24) is 56.3 Å². The van der Waals surface area contributed by atoms with Crippen LogP contribution in [0.1, 0.15) is 126 Å². The van der Waals surface area contributed by atoms with Crippen LogP contribution in [-0.2, 0) is 45.4 Å². The fraction of sp³-hybridized carbons (Fsp3) is 0.625. The summed E-state index contributed by atoms with van der Waals surface area (Å²) in [6.07, 6.45) is 12.5. The fourth-order valence-electron chi connectivity index (χ4n) is 6.55. The van der Waals surface area contributed by atoms with Gasteiger partial charge in [-0.15, -0.1) is 69.3 Å². The van der Waals surface area contributed by atoms with E-state index in [1.54, 1.807) is 79.7 Å². The number of carboxylic acid groups (broad SMARTS) is 1. The number of alkyl carbamates (subject to hydrolysis) is 2. The van der Waals surface area contributed by atoms with Crippen LogP contribution in [0.2, 0.25) is 0 Å². The fourth-order valence-corrected chi connectivity index (χ4v) is 8.86. The predicted molar refractivity (Wildman–Crippen MR) is 303 cm³/mol. The maximum atomic E-state index is 13.1. The van der Waals surface area contributed by atoms with Crippen LogP contribution in [0.5, 0.6) is 0 Å². The average Bonchev–Trinajstić information content (AvgIpc) is 4.24. The third-order valence-electron chi connectivity index (χ3n) is 11.3. The van der Waals surface area contributed by atoms with Gasteiger partial charge in [-0.1, -0.05) is 55.4 Å². The predicted octanol–water partition coefficient (Wildman–Crippen LogP) is 8.82. The number of thiazole rings is 4. The quantitative estimate of drug-likeness (QED) is 0.0275. The van der Waals surface area contributed by atoms with Crippen molar-refractivity contribution in [3.8, 4) is 0 Å². The van der Waals surface area contributed by atoms with Crippen molar-refractivity contribution in [1.29, 1.82) is 0 Å². The van der Waals surface area contributed by atoms with Gasteiger partial charge >= 0.3 is 30.2 Å². The molecule has 0 aliphatic rings. The van der Waals surface area contributed by atoms with Crippen LogP contribution in [0.25, 0.3) is 0 Å². The van der Waals surface area contributed by atoms with Gasteiger partial charge in [0.05, 0.1) is 44.9 Å². The number of nitrogens with one attached hydrogen (secondary N) is 5. The Morgan fingerprint density at radius 2 is 0.905 bits per heavy atom. The topological polar surface area (TPSA) is 285 Å². The number of aromatic nitrogens is 4. The zero-order valence-electron chi connectivity index (χ0n) is 44.2. The highest BCUT2D eigenvalue weighted by molar-refractivity contribution is 14.0. The van der Waals surface area contributed by atoms with Crippen molar-refractivity contribution in [2.75, 3.05) is 14.1 Å². The summed E-state index contributed by atoms with van der Waals surface area (Å²) in [6.45, 7) is 16.8. The highest BCUT2D eigenvalue weighted by Crippen LogP contribution is 2.15. The van der Waals surface area contributed by atoms with Crippen molar-refractivity contribution in [3.63, 3.8) is 0 Å². The SMILES string of the molecule is CC(C)[C@H](NC(=O)N(C)Cc1cncs1)C(=O)O.CC[C@@H](CC[C@H](CC)NC(=O)[C@@H](NC(=O)N(C)Cc1cncs1)C(C)C)NC(=O)OCc1cncs1.CC[C@H](N)CC[C@H](CC)NC(=O)OCc1cncs1.I. The molecule has 0 bridgehead atoms. The highest BCUT2D eigenvalue weighted by atomic mass is 127. The summed E-state index contributed by atoms with van der Waals surface area (Å²) in [5.41, 5.74) is 12.7. The molecule has 0 saturated carbocycles. The third kappa shape index (κ3) is 27.7. The van der Waals surface area contributed by atoms with Gasteiger partial charge in [-0.2, -0.15) is 0 Å². The van der Waals surface area contributed by atoms with E-state index in [0.29, 0.717) is 25.9 Å². The number of aliphatic carboxylic acids is 1. The van der Waals surface area contributed by atoms with Crippen LogP contribution in [0.15, 0.2) is 46.8 Å². The van der Waals surface area contributed by atoms with E-state index in [1.165, 1.54) is 50.2 Å². The largest absolute Gasteiger partial charge is 0.480 e. The lowest BCUT2D eigenvalue weighted by atomic mass is 10.00. The minimum atomic E-state index is -1.02. The van der Waals surface area contributed by atoms with Crippen LogP contribution in [0, 0.1) is 11.8 Å². The Hall–Kier alpha value is -4.77. The molecule has 0 radical (unpaired) electrons. The zero-order chi connectivity index (χ0) is 54.3. The molecule has 0 spiro atoms. The molecule has 416 valence electrons. The molecule has 74 heavy (non-hydrogen) atoms. The number of carbonyl (C=O) groups is 6. The Morgan fingerprint density at radius 1 is 0.554 bits per heavy atom. The molecule has 4 rings (SSSR count). The second-order valence-corrected chi connectivity index (χ2v) is 21.7. The molecule has 0 aliphatic carbocycles. The second-order valence-electron chi connectivity index (χ2n) is 17.9. The van der Waals surface area contributed by atoms with Gasteiger partial charge in [-0.05, 0) is 63.2 Å². The lowest BCUT2D eigenvalue weighted by Gasteiger charge is -2.28. The molecule has 21 nitrogen and oxygen atoms in total. The number of nitrogens with two attached hydrogens (primary N) is 1. The summed E-state index contributed by atoms with van der Waals surface area (Å²) in [4.78, 5) is 94.9. The minimum Gasteiger partial charge on any atom is -0.480 e. The first-order chi connectivity index (χ1) is 34.8. The number of halogens is 1. The smallest absolute Gasteiger partial charge is 0.407 e. The maximum Gasteiger partial charge on any atom is 0.407 e. The Balaban J connectivity index is 0.000000607. The van der Waals surface area contributed by atoms with E-state index < -0.39 is 30.2 Å². The number of ether oxygens (including phenoxy) is 2. The van der Waals surface area contributed by atoms with E-state index in [1.807, 2.05) is 34.6 Å². The minimum absolute atomic E-state index is 0. The van der Waals surface area contributed by atoms with Gasteiger partial charge < -0.3 is 56.7 Å². The van der Waals surface area contributed by atoms with Crippen LogP contribution >= 0.6 is 69.3 Å². The number of hydrogen-bond acceptors (Lipinski definition) is 17. The molecule has 6 atom stereocenters. The van der Waals surface area contributed by atoms with Crippen molar-refractivity contribution in [2.45, 2.75) is 169 Å². The molecular formula is C48H79IN12O9S4. The highest BCUT2D eigenvalue weighted by Gasteiger charge is 2.28. The maximum absolute atomic E-state index is 13.1. The summed E-state index contributed by atoms with van der Waals surface area (Å²) in [6, 6.07) is -2.03. The summed E-state index contributed by atoms with van der Waals surface area (Å²) >= 11 is 5.84. The summed E-state index contributed by atoms with van der Waals surface area (Å²) < 4.78 is 10.4. The third-order valence-corrected chi connectivity index (χ3v) is 14.3. The summed E-state index contributed by atoms with van der Waals surface area (Å²) in [7, 11) is 3.31. The lowest BCUT2D eigenvalue weighted by Crippen LogP contribution is -2.54. The molecule has 4 aromatic heterocycles. The van der Waals surface area contributed by atoms with E-state index in [-0.39, 0.29) is 91.2 Å². The summed E-state index contributed by atoms with van der Waals surface area (Å²) in [5, 5.41) is 23.2. The molecule has 7 amide bonds. The van der Waals surface area contributed by atoms with E-state index in [4.69, 9.17) is 20.3 Å². The molecule has 0 unspecified atom stereocenters. The van der Waals surface area contributed by atoms with E-state index >= 15 is 0 Å². The number of hydrogen-bond donors (Lipinski definition) is 7. The monoisotopic (exact) mass is 1220 g/mol. The van der Waals surface area contributed by atoms with E-state index in [2.05, 4.69) is 53.4 Å². The number of nitrogens with zero attached hydrogens (tertiary/aromatic N) is 6. The van der Waals surface area contributed by atoms with Crippen LogP contribution in [0.4, 0.5) is 19.2 Å². The average molecular weight is 1220 g/mol. The van der Waals surface area contributed by atoms with Gasteiger partial charge in [0.25, 0.3) is 0 Å². The lowest BCUT2D eigenvalue weighted by molar-refractivity contribution is -0.140. The van der Waals surface area contributed by atoms with Gasteiger partial charge in [0.2, 0.25) is 5.91 Å². The number of amides is 7. The first-order valence-corrected chi connectivity index (χ1v) is 28.0. The van der Waals surface area contributed by atoms with E-state index in [9.17, 15) is 28.8 Å². The Labute approximate surface area is 469 Å². The standard InChI is InChI=1S/C24H38N6O4S2.C13H23N3O2S.C11H17N3O3S.HI/c1-6-17(8-9-18(7-2)28-24(33)34-13-20-11-26-15-36-20)27-22(31)21(16(3)4)29-23(32)30(5)12-19-10-25-14-35-19;1-3-10(14)5-6-11(4-2)16-13(17)18-8-12-7-15-9-19-12;1-7(2)9(10(15)16)13-11(17)14(3)5-8-4-12-6-18-8;/h10-11,14-18,21H,6-9,12-13H2,1-5H3,(H,27,31)(H,28,33)(H,29,32);7,9-11H,3-6,8,14H2,1-2H3,(H,16,17);4,6-7,9H,5H2,1-3H3,(H,13,17)(H,15,16);1H/t17-,18-,21-;10-,11-;9-;/m000./s1. The van der Waals surface area contributed by atoms with Gasteiger partial charge in [-0.3, -0.25) is 24.7 Å². The van der Waals surface area contributed by atoms with Gasteiger partial charge in [0.15, 0.2) is 0 Å². The van der Waals surface area contributed by atoms with Crippen molar-refractivity contribution in [2.24, 2.45) is 17.6 Å². The summed E-state index contributed by atoms with van der Waals surface area (Å²) in [5.74, 6) is -1.48. The molecule has 26 heteroatoms. The number of rotatable bonds is 27. The first kappa shape index (κ1) is 67.2. The first-order valence-electron chi connectivity index (χ1n) is 24.5. The van der Waals surface area contributed by atoms with E-state index in [0.717, 1.165) is 58.0 Å². The molecule has 4 aromatic rings. The molecule has 0 fully saturated rings. The Kier molecular flexibility index (Phi) is 34.4. The van der Waals surface area contributed by atoms with Crippen molar-refractivity contribution < 1.29 is 43.3 Å². The molecule has 0 aromatic carbocycles. The zero-order valence-corrected chi connectivity index (χ0v) is 49.8. The number of carboxylic acids is 1. The number of carbonyl (C=O) groups excluding carboxylic acids is 5.